The van der Waals surface area contributed by atoms with Gasteiger partial charge in [-0.25, -0.2) is 0 Å². The van der Waals surface area contributed by atoms with Crippen molar-refractivity contribution in [1.29, 1.82) is 0 Å². The molecule has 0 unspecified atom stereocenters. The average molecular weight is 315 g/mol. The van der Waals surface area contributed by atoms with Crippen molar-refractivity contribution >= 4 is 16.8 Å². The van der Waals surface area contributed by atoms with Crippen LogP contribution in [0.1, 0.15) is 12.1 Å². The van der Waals surface area contributed by atoms with Crippen molar-refractivity contribution in [3.05, 3.63) is 30.0 Å². The molecular weight excluding hydrogens is 294 g/mol. The highest BCUT2D eigenvalue weighted by Gasteiger charge is 2.45. The van der Waals surface area contributed by atoms with Crippen LogP contribution in [-0.2, 0) is 27.7 Å². The molecule has 23 heavy (non-hydrogen) atoms. The van der Waals surface area contributed by atoms with Gasteiger partial charge in [-0.2, -0.15) is 5.10 Å². The second-order valence-electron chi connectivity index (χ2n) is 6.39. The summed E-state index contributed by atoms with van der Waals surface area (Å²) < 4.78 is 13.0. The number of hydrogen-bond acceptors (Lipinski definition) is 4. The number of ether oxygens (including phenoxy) is 2. The van der Waals surface area contributed by atoms with E-state index >= 15 is 0 Å². The van der Waals surface area contributed by atoms with Crippen LogP contribution in [0.5, 0.6) is 0 Å². The topological polar surface area (TPSA) is 56.6 Å². The number of rotatable bonds is 2. The monoisotopic (exact) mass is 315 g/mol. The van der Waals surface area contributed by atoms with Gasteiger partial charge in [0.1, 0.15) is 0 Å². The summed E-state index contributed by atoms with van der Waals surface area (Å²) in [6.07, 6.45) is 1.17. The molecule has 2 aliphatic heterocycles. The zero-order chi connectivity index (χ0) is 15.9. The Morgan fingerprint density at radius 2 is 2.04 bits per heavy atom. The minimum absolute atomic E-state index is 0.114. The fraction of sp³-hybridized carbons (Fsp3) is 0.529. The maximum absolute atomic E-state index is 12.9. The summed E-state index contributed by atoms with van der Waals surface area (Å²) in [7, 11) is 1.91. The number of aromatic nitrogens is 2. The lowest BCUT2D eigenvalue weighted by atomic mass is 9.95. The standard InChI is InChI=1S/C17H21N3O3/c1-19-15-5-3-2-4-13(15)14(18-19)10-16(21)20-7-9-23-12-17(20)6-8-22-11-17/h2-5H,6-12H2,1H3/t17-/m1/s1. The fourth-order valence-corrected chi connectivity index (χ4v) is 3.70. The first kappa shape index (κ1) is 14.7. The van der Waals surface area contributed by atoms with Crippen LogP contribution in [0.3, 0.4) is 0 Å². The van der Waals surface area contributed by atoms with Gasteiger partial charge in [0.15, 0.2) is 0 Å². The first-order chi connectivity index (χ1) is 11.2. The summed E-state index contributed by atoms with van der Waals surface area (Å²) in [6, 6.07) is 8.03. The first-order valence-corrected chi connectivity index (χ1v) is 8.06. The quantitative estimate of drug-likeness (QED) is 0.834. The molecule has 3 heterocycles. The predicted molar refractivity (Wildman–Crippen MR) is 85.1 cm³/mol. The third kappa shape index (κ3) is 2.42. The second-order valence-corrected chi connectivity index (χ2v) is 6.39. The van der Waals surface area contributed by atoms with Gasteiger partial charge in [0.05, 0.1) is 43.0 Å². The van der Waals surface area contributed by atoms with Gasteiger partial charge in [0.2, 0.25) is 5.91 Å². The Bertz CT molecular complexity index is 734. The highest BCUT2D eigenvalue weighted by atomic mass is 16.5. The molecule has 2 saturated heterocycles. The number of carbonyl (C=O) groups excluding carboxylic acids is 1. The van der Waals surface area contributed by atoms with E-state index in [9.17, 15) is 4.79 Å². The van der Waals surface area contributed by atoms with E-state index in [-0.39, 0.29) is 11.4 Å². The molecule has 0 N–H and O–H groups in total. The smallest absolute Gasteiger partial charge is 0.229 e. The van der Waals surface area contributed by atoms with Crippen LogP contribution in [0.25, 0.3) is 10.9 Å². The zero-order valence-electron chi connectivity index (χ0n) is 13.3. The minimum atomic E-state index is -0.278. The number of hydrogen-bond donors (Lipinski definition) is 0. The lowest BCUT2D eigenvalue weighted by Crippen LogP contribution is -2.60. The van der Waals surface area contributed by atoms with Gasteiger partial charge in [-0.15, -0.1) is 0 Å². The Hall–Kier alpha value is -1.92. The van der Waals surface area contributed by atoms with Crippen LogP contribution in [0, 0.1) is 0 Å². The van der Waals surface area contributed by atoms with Gasteiger partial charge in [-0.3, -0.25) is 9.48 Å². The molecule has 4 rings (SSSR count). The number of benzene rings is 1. The highest BCUT2D eigenvalue weighted by molar-refractivity contribution is 5.88. The van der Waals surface area contributed by atoms with Gasteiger partial charge in [-0.1, -0.05) is 18.2 Å². The van der Waals surface area contributed by atoms with Crippen LogP contribution in [-0.4, -0.2) is 59.1 Å². The average Bonchev–Trinajstić information content (AvgIpc) is 3.14. The van der Waals surface area contributed by atoms with Gasteiger partial charge in [0, 0.05) is 25.6 Å². The van der Waals surface area contributed by atoms with Crippen LogP contribution < -0.4 is 0 Å². The van der Waals surface area contributed by atoms with E-state index in [2.05, 4.69) is 5.10 Å². The molecule has 2 aromatic rings. The van der Waals surface area contributed by atoms with E-state index < -0.39 is 0 Å². The summed E-state index contributed by atoms with van der Waals surface area (Å²) in [6.45, 7) is 3.06. The van der Waals surface area contributed by atoms with E-state index in [1.807, 2.05) is 40.9 Å². The molecule has 0 saturated carbocycles. The fourth-order valence-electron chi connectivity index (χ4n) is 3.70. The van der Waals surface area contributed by atoms with Crippen molar-refractivity contribution < 1.29 is 14.3 Å². The van der Waals surface area contributed by atoms with Gasteiger partial charge in [0.25, 0.3) is 0 Å². The molecule has 1 spiro atoms. The molecule has 1 atom stereocenters. The summed E-state index contributed by atoms with van der Waals surface area (Å²) >= 11 is 0. The lowest BCUT2D eigenvalue weighted by molar-refractivity contribution is -0.148. The van der Waals surface area contributed by atoms with Crippen molar-refractivity contribution in [3.8, 4) is 0 Å². The molecule has 2 aliphatic rings. The number of nitrogens with zero attached hydrogens (tertiary/aromatic N) is 3. The Morgan fingerprint density at radius 1 is 1.26 bits per heavy atom. The van der Waals surface area contributed by atoms with Crippen molar-refractivity contribution in [3.63, 3.8) is 0 Å². The van der Waals surface area contributed by atoms with E-state index in [0.717, 1.165) is 23.0 Å². The summed E-state index contributed by atoms with van der Waals surface area (Å²) in [5.74, 6) is 0.114. The molecule has 1 aromatic heterocycles. The largest absolute Gasteiger partial charge is 0.379 e. The van der Waals surface area contributed by atoms with Crippen molar-refractivity contribution in [2.45, 2.75) is 18.4 Å². The molecule has 0 radical (unpaired) electrons. The Kier molecular flexibility index (Phi) is 3.58. The molecule has 1 aromatic carbocycles. The number of morpholine rings is 1. The van der Waals surface area contributed by atoms with E-state index in [0.29, 0.717) is 39.4 Å². The molecule has 6 nitrogen and oxygen atoms in total. The summed E-state index contributed by atoms with van der Waals surface area (Å²) in [5, 5.41) is 5.60. The first-order valence-electron chi connectivity index (χ1n) is 8.06. The maximum atomic E-state index is 12.9. The normalized spacial score (nSPS) is 24.7. The van der Waals surface area contributed by atoms with Gasteiger partial charge >= 0.3 is 0 Å². The molecule has 122 valence electrons. The maximum Gasteiger partial charge on any atom is 0.229 e. The number of aryl methyl sites for hydroxylation is 1. The lowest BCUT2D eigenvalue weighted by Gasteiger charge is -2.43. The highest BCUT2D eigenvalue weighted by Crippen LogP contribution is 2.30. The van der Waals surface area contributed by atoms with Crippen LogP contribution in [0.4, 0.5) is 0 Å². The minimum Gasteiger partial charge on any atom is -0.379 e. The SMILES string of the molecule is Cn1nc(CC(=O)N2CCOC[C@]23CCOC3)c2ccccc21. The van der Waals surface area contributed by atoms with Crippen molar-refractivity contribution in [1.82, 2.24) is 14.7 Å². The third-order valence-electron chi connectivity index (χ3n) is 4.94. The van der Waals surface area contributed by atoms with E-state index in [1.54, 1.807) is 0 Å². The van der Waals surface area contributed by atoms with Crippen LogP contribution >= 0.6 is 0 Å². The van der Waals surface area contributed by atoms with Gasteiger partial charge < -0.3 is 14.4 Å². The van der Waals surface area contributed by atoms with Crippen molar-refractivity contribution in [2.75, 3.05) is 33.0 Å². The Morgan fingerprint density at radius 3 is 2.87 bits per heavy atom. The number of fused-ring (bicyclic) bond motifs is 1. The van der Waals surface area contributed by atoms with Gasteiger partial charge in [-0.05, 0) is 12.5 Å². The van der Waals surface area contributed by atoms with Crippen LogP contribution in [0.2, 0.25) is 0 Å². The second kappa shape index (κ2) is 5.62. The Balaban J connectivity index is 1.61. The van der Waals surface area contributed by atoms with Crippen molar-refractivity contribution in [2.24, 2.45) is 7.05 Å². The molecule has 0 bridgehead atoms. The number of carbonyl (C=O) groups is 1. The number of amides is 1. The Labute approximate surface area is 135 Å². The molecule has 1 amide bonds. The predicted octanol–water partition coefficient (Wildman–Crippen LogP) is 1.13. The molecule has 0 aliphatic carbocycles. The molecular formula is C17H21N3O3. The summed E-state index contributed by atoms with van der Waals surface area (Å²) in [5.41, 5.74) is 1.62. The third-order valence-corrected chi connectivity index (χ3v) is 4.94. The number of para-hydroxylation sites is 1. The molecule has 2 fully saturated rings. The van der Waals surface area contributed by atoms with Crippen LogP contribution in [0.15, 0.2) is 24.3 Å². The summed E-state index contributed by atoms with van der Waals surface area (Å²) in [4.78, 5) is 14.9. The van der Waals surface area contributed by atoms with E-state index in [4.69, 9.17) is 9.47 Å². The molecule has 6 heteroatoms. The zero-order valence-corrected chi connectivity index (χ0v) is 13.3. The van der Waals surface area contributed by atoms with E-state index in [1.165, 1.54) is 0 Å².